The van der Waals surface area contributed by atoms with Gasteiger partial charge in [-0.15, -0.1) is 13.2 Å². The van der Waals surface area contributed by atoms with Crippen LogP contribution in [0, 0.1) is 0 Å². The van der Waals surface area contributed by atoms with Gasteiger partial charge in [0.2, 0.25) is 0 Å². The van der Waals surface area contributed by atoms with Crippen LogP contribution in [0.15, 0.2) is 59.5 Å². The number of hydrogen-bond donors (Lipinski definition) is 1. The van der Waals surface area contributed by atoms with Gasteiger partial charge in [0.05, 0.1) is 12.7 Å². The van der Waals surface area contributed by atoms with Crippen LogP contribution in [0.3, 0.4) is 0 Å². The summed E-state index contributed by atoms with van der Waals surface area (Å²) in [5.74, 6) is 0.433. The Morgan fingerprint density at radius 2 is 1.94 bits per heavy atom. The molecule has 0 spiro atoms. The van der Waals surface area contributed by atoms with Gasteiger partial charge in [-0.3, -0.25) is 0 Å². The number of aromatic nitrogens is 4. The van der Waals surface area contributed by atoms with Gasteiger partial charge < -0.3 is 23.8 Å². The van der Waals surface area contributed by atoms with Crippen molar-refractivity contribution in [1.82, 2.24) is 19.5 Å². The van der Waals surface area contributed by atoms with Gasteiger partial charge in [0.25, 0.3) is 6.01 Å². The molecule has 0 saturated heterocycles. The summed E-state index contributed by atoms with van der Waals surface area (Å²) >= 11 is 0. The van der Waals surface area contributed by atoms with Crippen molar-refractivity contribution < 1.29 is 27.1 Å². The number of anilines is 1. The number of fused-ring (bicyclic) bond motifs is 1. The summed E-state index contributed by atoms with van der Waals surface area (Å²) in [7, 11) is 1.76. The number of nitrogens with one attached hydrogen (secondary N) is 1. The topological polar surface area (TPSA) is 95.1 Å². The fourth-order valence-electron chi connectivity index (χ4n) is 2.88. The zero-order valence-electron chi connectivity index (χ0n) is 17.0. The number of benzene rings is 1. The zero-order valence-corrected chi connectivity index (χ0v) is 17.0. The first-order valence-corrected chi connectivity index (χ1v) is 9.55. The summed E-state index contributed by atoms with van der Waals surface area (Å²) < 4.78 is 47.2. The van der Waals surface area contributed by atoms with Crippen molar-refractivity contribution in [2.45, 2.75) is 25.7 Å². The highest BCUT2D eigenvalue weighted by atomic mass is 19.4. The first kappa shape index (κ1) is 22.8. The molecule has 4 rings (SSSR count). The maximum atomic E-state index is 12.2. The Hall–Kier alpha value is -3.89. The van der Waals surface area contributed by atoms with Crippen LogP contribution in [-0.2, 0) is 17.8 Å². The van der Waals surface area contributed by atoms with E-state index in [4.69, 9.17) is 4.42 Å². The third-order valence-electron chi connectivity index (χ3n) is 4.21. The van der Waals surface area contributed by atoms with Crippen LogP contribution in [-0.4, -0.2) is 39.2 Å². The standard InChI is InChI=1S/C17H14F3N3O2.C4H6N2O/c18-17(19,20)25-13-7-5-12(6-8-13)11-23-15(4-2-10-24)22-14-3-1-9-21-16(14)23;1-5-4-6-2-3-7-4/h1,3,5-10H,2,4,11H2;2-3H,1H3,(H,5,6). The number of pyridine rings is 1. The number of ether oxygens (including phenoxy) is 1. The van der Waals surface area contributed by atoms with Gasteiger partial charge in [-0.2, -0.15) is 0 Å². The van der Waals surface area contributed by atoms with Crippen LogP contribution < -0.4 is 10.1 Å². The summed E-state index contributed by atoms with van der Waals surface area (Å²) in [6.07, 6.45) is 1.66. The molecule has 11 heteroatoms. The Morgan fingerprint density at radius 1 is 1.16 bits per heavy atom. The summed E-state index contributed by atoms with van der Waals surface area (Å²) in [5, 5.41) is 2.73. The Bertz CT molecular complexity index is 1130. The molecule has 3 aromatic heterocycles. The quantitative estimate of drug-likeness (QED) is 0.424. The maximum absolute atomic E-state index is 12.2. The van der Waals surface area contributed by atoms with Crippen molar-refractivity contribution in [3.63, 3.8) is 0 Å². The fraction of sp³-hybridized carbons (Fsp3) is 0.238. The van der Waals surface area contributed by atoms with E-state index in [2.05, 4.69) is 25.0 Å². The van der Waals surface area contributed by atoms with E-state index in [0.29, 0.717) is 42.4 Å². The molecule has 0 fully saturated rings. The minimum atomic E-state index is -4.71. The molecule has 0 radical (unpaired) electrons. The second-order valence-corrected chi connectivity index (χ2v) is 6.44. The summed E-state index contributed by atoms with van der Waals surface area (Å²) in [6.45, 7) is 0.383. The van der Waals surface area contributed by atoms with Crippen molar-refractivity contribution in [3.05, 3.63) is 66.4 Å². The molecule has 4 aromatic rings. The predicted molar refractivity (Wildman–Crippen MR) is 110 cm³/mol. The van der Waals surface area contributed by atoms with Crippen LogP contribution in [0.1, 0.15) is 17.8 Å². The molecule has 0 aliphatic rings. The van der Waals surface area contributed by atoms with E-state index < -0.39 is 6.36 Å². The zero-order chi connectivity index (χ0) is 23.0. The van der Waals surface area contributed by atoms with Gasteiger partial charge in [0.1, 0.15) is 29.6 Å². The van der Waals surface area contributed by atoms with Crippen LogP contribution in [0.4, 0.5) is 19.2 Å². The third-order valence-corrected chi connectivity index (χ3v) is 4.21. The number of alkyl halides is 3. The number of rotatable bonds is 7. The normalized spacial score (nSPS) is 11.0. The Kier molecular flexibility index (Phi) is 7.42. The Balaban J connectivity index is 0.000000352. The highest BCUT2D eigenvalue weighted by Gasteiger charge is 2.30. The lowest BCUT2D eigenvalue weighted by molar-refractivity contribution is -0.274. The molecular weight excluding hydrogens is 427 g/mol. The molecule has 0 unspecified atom stereocenters. The highest BCUT2D eigenvalue weighted by molar-refractivity contribution is 5.71. The lowest BCUT2D eigenvalue weighted by Gasteiger charge is -2.11. The van der Waals surface area contributed by atoms with Crippen molar-refractivity contribution in [2.24, 2.45) is 0 Å². The molecular formula is C21H20F3N5O3. The van der Waals surface area contributed by atoms with Gasteiger partial charge in [0.15, 0.2) is 5.65 Å². The van der Waals surface area contributed by atoms with E-state index in [0.717, 1.165) is 11.8 Å². The fourth-order valence-corrected chi connectivity index (χ4v) is 2.88. The van der Waals surface area contributed by atoms with Crippen LogP contribution >= 0.6 is 0 Å². The lowest BCUT2D eigenvalue weighted by Crippen LogP contribution is -2.17. The monoisotopic (exact) mass is 447 g/mol. The molecule has 0 aliphatic carbocycles. The van der Waals surface area contributed by atoms with Crippen molar-refractivity contribution in [3.8, 4) is 5.75 Å². The first-order chi connectivity index (χ1) is 15.4. The molecule has 1 aromatic carbocycles. The molecule has 8 nitrogen and oxygen atoms in total. The van der Waals surface area contributed by atoms with Crippen molar-refractivity contribution in [2.75, 3.05) is 12.4 Å². The number of imidazole rings is 1. The number of nitrogens with zero attached hydrogens (tertiary/aromatic N) is 4. The third kappa shape index (κ3) is 6.30. The largest absolute Gasteiger partial charge is 0.573 e. The second-order valence-electron chi connectivity index (χ2n) is 6.44. The highest BCUT2D eigenvalue weighted by Crippen LogP contribution is 2.24. The second kappa shape index (κ2) is 10.4. The van der Waals surface area contributed by atoms with Gasteiger partial charge >= 0.3 is 6.36 Å². The number of hydrogen-bond acceptors (Lipinski definition) is 7. The average molecular weight is 447 g/mol. The number of carbonyl (C=O) groups excluding carboxylic acids is 1. The van der Waals surface area contributed by atoms with Crippen molar-refractivity contribution in [1.29, 1.82) is 0 Å². The van der Waals surface area contributed by atoms with Crippen molar-refractivity contribution >= 4 is 23.5 Å². The molecule has 0 bridgehead atoms. The molecule has 0 amide bonds. The molecule has 168 valence electrons. The van der Waals surface area contributed by atoms with Gasteiger partial charge in [0, 0.05) is 26.1 Å². The van der Waals surface area contributed by atoms with Gasteiger partial charge in [-0.05, 0) is 29.8 Å². The number of carbonyl (C=O) groups is 1. The molecule has 3 heterocycles. The molecule has 0 aliphatic heterocycles. The van der Waals surface area contributed by atoms with E-state index in [1.807, 2.05) is 10.6 Å². The summed E-state index contributed by atoms with van der Waals surface area (Å²) in [4.78, 5) is 23.2. The SMILES string of the molecule is CNc1ncco1.O=CCCc1nc2cccnc2n1Cc1ccc(OC(F)(F)F)cc1. The number of oxazole rings is 1. The van der Waals surface area contributed by atoms with Crippen LogP contribution in [0.2, 0.25) is 0 Å². The van der Waals surface area contributed by atoms with Crippen LogP contribution in [0.25, 0.3) is 11.2 Å². The molecule has 0 saturated carbocycles. The smallest absolute Gasteiger partial charge is 0.432 e. The Morgan fingerprint density at radius 3 is 2.53 bits per heavy atom. The first-order valence-electron chi connectivity index (χ1n) is 9.55. The summed E-state index contributed by atoms with van der Waals surface area (Å²) in [5.41, 5.74) is 2.14. The molecule has 32 heavy (non-hydrogen) atoms. The molecule has 1 N–H and O–H groups in total. The van der Waals surface area contributed by atoms with Gasteiger partial charge in [-0.25, -0.2) is 15.0 Å². The minimum Gasteiger partial charge on any atom is -0.432 e. The van der Waals surface area contributed by atoms with E-state index in [1.165, 1.54) is 18.4 Å². The van der Waals surface area contributed by atoms with E-state index >= 15 is 0 Å². The molecule has 0 atom stereocenters. The number of aryl methyl sites for hydroxylation is 1. The average Bonchev–Trinajstić information content (AvgIpc) is 3.41. The lowest BCUT2D eigenvalue weighted by atomic mass is 10.2. The van der Waals surface area contributed by atoms with E-state index in [9.17, 15) is 18.0 Å². The Labute approximate surface area is 181 Å². The number of halogens is 3. The van der Waals surface area contributed by atoms with E-state index in [-0.39, 0.29) is 5.75 Å². The minimum absolute atomic E-state index is 0.272. The predicted octanol–water partition coefficient (Wildman–Crippen LogP) is 4.23. The van der Waals surface area contributed by atoms with E-state index in [1.54, 1.807) is 37.6 Å². The maximum Gasteiger partial charge on any atom is 0.573 e. The van der Waals surface area contributed by atoms with Gasteiger partial charge in [-0.1, -0.05) is 12.1 Å². The summed E-state index contributed by atoms with van der Waals surface area (Å²) in [6, 6.07) is 9.79. The number of aldehydes is 1. The van der Waals surface area contributed by atoms with Crippen LogP contribution in [0.5, 0.6) is 5.75 Å².